The van der Waals surface area contributed by atoms with Crippen LogP contribution >= 0.6 is 0 Å². The van der Waals surface area contributed by atoms with Crippen molar-refractivity contribution in [2.45, 2.75) is 13.8 Å². The molecule has 232 valence electrons. The second kappa shape index (κ2) is 19.7. The van der Waals surface area contributed by atoms with Crippen molar-refractivity contribution in [2.75, 3.05) is 39.5 Å². The minimum absolute atomic E-state index is 0.357. The molecule has 44 heavy (non-hydrogen) atoms. The smallest absolute Gasteiger partial charge is 0.407 e. The Kier molecular flexibility index (Phi) is 14.8. The lowest BCUT2D eigenvalue weighted by molar-refractivity contribution is 0.149. The molecule has 4 aromatic rings. The Labute approximate surface area is 257 Å². The summed E-state index contributed by atoms with van der Waals surface area (Å²) < 4.78 is 31.9. The van der Waals surface area contributed by atoms with Crippen LogP contribution in [0.3, 0.4) is 0 Å². The van der Waals surface area contributed by atoms with Gasteiger partial charge in [0.1, 0.15) is 47.7 Å². The fraction of sp³-hybridized carbons (Fsp3) is 0.235. The second-order valence-electron chi connectivity index (χ2n) is 8.76. The first-order valence-corrected chi connectivity index (χ1v) is 14.3. The molecule has 0 heterocycles. The molecule has 0 aliphatic heterocycles. The van der Waals surface area contributed by atoms with Crippen molar-refractivity contribution in [1.29, 1.82) is 0 Å². The van der Waals surface area contributed by atoms with Gasteiger partial charge in [-0.25, -0.2) is 9.59 Å². The van der Waals surface area contributed by atoms with Gasteiger partial charge in [0.25, 0.3) is 0 Å². The van der Waals surface area contributed by atoms with Gasteiger partial charge in [0, 0.05) is 0 Å². The number of para-hydroxylation sites is 2. The monoisotopic (exact) mass is 602 g/mol. The van der Waals surface area contributed by atoms with Crippen molar-refractivity contribution < 1.29 is 38.0 Å². The Morgan fingerprint density at radius 3 is 1.14 bits per heavy atom. The van der Waals surface area contributed by atoms with Crippen LogP contribution in [0.25, 0.3) is 0 Å². The minimum Gasteiger partial charge on any atom is -0.492 e. The van der Waals surface area contributed by atoms with Crippen LogP contribution in [0.2, 0.25) is 0 Å². The predicted octanol–water partition coefficient (Wildman–Crippen LogP) is 7.21. The van der Waals surface area contributed by atoms with Gasteiger partial charge in [-0.15, -0.1) is 0 Å². The highest BCUT2D eigenvalue weighted by molar-refractivity contribution is 5.67. The normalized spacial score (nSPS) is 9.86. The van der Waals surface area contributed by atoms with E-state index in [0.29, 0.717) is 51.0 Å². The van der Waals surface area contributed by atoms with Crippen LogP contribution in [-0.4, -0.2) is 51.7 Å². The summed E-state index contributed by atoms with van der Waals surface area (Å²) in [7, 11) is 0. The molecule has 0 atom stereocenters. The van der Waals surface area contributed by atoms with Crippen molar-refractivity contribution in [3.63, 3.8) is 0 Å². The topological polar surface area (TPSA) is 114 Å². The van der Waals surface area contributed by atoms with Crippen molar-refractivity contribution in [3.8, 4) is 34.5 Å². The van der Waals surface area contributed by atoms with Crippen molar-refractivity contribution >= 4 is 12.2 Å². The number of benzene rings is 4. The van der Waals surface area contributed by atoms with E-state index in [1.165, 1.54) is 0 Å². The molecule has 4 rings (SSSR count). The molecule has 0 saturated heterocycles. The molecule has 2 amide bonds. The predicted molar refractivity (Wildman–Crippen MR) is 167 cm³/mol. The summed E-state index contributed by atoms with van der Waals surface area (Å²) in [6.45, 7) is 5.76. The van der Waals surface area contributed by atoms with Crippen LogP contribution in [0, 0.1) is 0 Å². The summed E-state index contributed by atoms with van der Waals surface area (Å²) >= 11 is 0. The highest BCUT2D eigenvalue weighted by Crippen LogP contribution is 2.24. The molecule has 0 spiro atoms. The van der Waals surface area contributed by atoms with Crippen molar-refractivity contribution in [1.82, 2.24) is 10.6 Å². The number of carbonyl (C=O) groups is 2. The van der Waals surface area contributed by atoms with E-state index in [2.05, 4.69) is 10.6 Å². The molecule has 10 heteroatoms. The van der Waals surface area contributed by atoms with Crippen LogP contribution in [-0.2, 0) is 9.47 Å². The highest BCUT2D eigenvalue weighted by atomic mass is 16.6. The molecule has 0 aromatic heterocycles. The lowest BCUT2D eigenvalue weighted by Crippen LogP contribution is -2.28. The number of hydrogen-bond acceptors (Lipinski definition) is 8. The number of alkyl carbamates (subject to hydrolysis) is 2. The Morgan fingerprint density at radius 1 is 0.477 bits per heavy atom. The number of nitrogens with one attached hydrogen (secondary N) is 2. The third-order valence-electron chi connectivity index (χ3n) is 5.44. The maximum absolute atomic E-state index is 11.1. The SMILES string of the molecule is CCOC(=O)NCCOc1ccc(Oc2ccccc2)cc1.CCOC(=O)NCCOc1ccc(Oc2ccccc2)cc1. The van der Waals surface area contributed by atoms with Crippen LogP contribution in [0.5, 0.6) is 34.5 Å². The number of carbonyl (C=O) groups excluding carboxylic acids is 2. The molecule has 0 bridgehead atoms. The molecular weight excluding hydrogens is 564 g/mol. The molecule has 10 nitrogen and oxygen atoms in total. The van der Waals surface area contributed by atoms with Crippen LogP contribution in [0.4, 0.5) is 9.59 Å². The van der Waals surface area contributed by atoms with Crippen LogP contribution in [0.1, 0.15) is 13.8 Å². The van der Waals surface area contributed by atoms with Gasteiger partial charge in [-0.05, 0) is 86.6 Å². The Balaban J connectivity index is 0.000000240. The first-order valence-electron chi connectivity index (χ1n) is 14.3. The Bertz CT molecular complexity index is 1240. The fourth-order valence-electron chi connectivity index (χ4n) is 3.47. The quantitative estimate of drug-likeness (QED) is 0.146. The summed E-state index contributed by atoms with van der Waals surface area (Å²) in [6, 6.07) is 33.8. The van der Waals surface area contributed by atoms with Crippen LogP contribution in [0.15, 0.2) is 109 Å². The third-order valence-corrected chi connectivity index (χ3v) is 5.44. The molecule has 0 aliphatic rings. The van der Waals surface area contributed by atoms with Gasteiger partial charge in [0.15, 0.2) is 0 Å². The molecule has 0 unspecified atom stereocenters. The number of amides is 2. The summed E-state index contributed by atoms with van der Waals surface area (Å²) in [5, 5.41) is 5.17. The van der Waals surface area contributed by atoms with Crippen LogP contribution < -0.4 is 29.6 Å². The Hall–Kier alpha value is -5.38. The summed E-state index contributed by atoms with van der Waals surface area (Å²) in [6.07, 6.45) is -0.865. The maximum Gasteiger partial charge on any atom is 0.407 e. The first kappa shape index (κ1) is 33.1. The van der Waals surface area contributed by atoms with E-state index < -0.39 is 12.2 Å². The zero-order valence-corrected chi connectivity index (χ0v) is 24.9. The summed E-state index contributed by atoms with van der Waals surface area (Å²) in [5.74, 6) is 4.48. The van der Waals surface area contributed by atoms with Crippen molar-refractivity contribution in [3.05, 3.63) is 109 Å². The van der Waals surface area contributed by atoms with E-state index in [-0.39, 0.29) is 0 Å². The van der Waals surface area contributed by atoms with Gasteiger partial charge in [0.05, 0.1) is 26.3 Å². The van der Waals surface area contributed by atoms with Gasteiger partial charge in [-0.3, -0.25) is 0 Å². The number of hydrogen-bond donors (Lipinski definition) is 2. The molecule has 4 aromatic carbocycles. The number of ether oxygens (including phenoxy) is 6. The molecular formula is C34H38N2O8. The lowest BCUT2D eigenvalue weighted by Gasteiger charge is -2.09. The zero-order valence-electron chi connectivity index (χ0n) is 24.9. The maximum atomic E-state index is 11.1. The lowest BCUT2D eigenvalue weighted by atomic mass is 10.3. The van der Waals surface area contributed by atoms with E-state index >= 15 is 0 Å². The summed E-state index contributed by atoms with van der Waals surface area (Å²) in [4.78, 5) is 22.1. The summed E-state index contributed by atoms with van der Waals surface area (Å²) in [5.41, 5.74) is 0. The standard InChI is InChI=1S/2C17H19NO4/c2*1-2-20-17(19)18-12-13-21-14-8-10-16(11-9-14)22-15-6-4-3-5-7-15/h2*3-11H,2,12-13H2,1H3,(H,18,19). The van der Waals surface area contributed by atoms with Gasteiger partial charge in [0.2, 0.25) is 0 Å². The molecule has 2 N–H and O–H groups in total. The van der Waals surface area contributed by atoms with Gasteiger partial charge in [-0.2, -0.15) is 0 Å². The van der Waals surface area contributed by atoms with Gasteiger partial charge in [-0.1, -0.05) is 36.4 Å². The van der Waals surface area contributed by atoms with E-state index in [4.69, 9.17) is 28.4 Å². The van der Waals surface area contributed by atoms with Gasteiger partial charge < -0.3 is 39.1 Å². The van der Waals surface area contributed by atoms with E-state index in [1.807, 2.05) is 109 Å². The molecule has 0 aliphatic carbocycles. The second-order valence-corrected chi connectivity index (χ2v) is 8.76. The zero-order chi connectivity index (χ0) is 31.2. The fourth-order valence-corrected chi connectivity index (χ4v) is 3.47. The Morgan fingerprint density at radius 2 is 0.795 bits per heavy atom. The molecule has 0 radical (unpaired) electrons. The molecule has 0 saturated carbocycles. The minimum atomic E-state index is -0.433. The van der Waals surface area contributed by atoms with Gasteiger partial charge >= 0.3 is 12.2 Å². The number of rotatable bonds is 14. The van der Waals surface area contributed by atoms with E-state index in [9.17, 15) is 9.59 Å². The van der Waals surface area contributed by atoms with E-state index in [1.54, 1.807) is 13.8 Å². The van der Waals surface area contributed by atoms with Crippen molar-refractivity contribution in [2.24, 2.45) is 0 Å². The largest absolute Gasteiger partial charge is 0.492 e. The highest BCUT2D eigenvalue weighted by Gasteiger charge is 2.02. The average molecular weight is 603 g/mol. The third kappa shape index (κ3) is 13.5. The first-order chi connectivity index (χ1) is 21.6. The average Bonchev–Trinajstić information content (AvgIpc) is 3.05. The van der Waals surface area contributed by atoms with E-state index in [0.717, 1.165) is 23.0 Å². The molecule has 0 fully saturated rings.